The highest BCUT2D eigenvalue weighted by molar-refractivity contribution is 5.98. The third-order valence-corrected chi connectivity index (χ3v) is 5.43. The summed E-state index contributed by atoms with van der Waals surface area (Å²) in [4.78, 5) is 23.6. The molecule has 8 heteroatoms. The van der Waals surface area contributed by atoms with Crippen molar-refractivity contribution in [1.29, 1.82) is 0 Å². The first kappa shape index (κ1) is 19.8. The largest absolute Gasteiger partial charge is 0.379 e. The van der Waals surface area contributed by atoms with E-state index in [4.69, 9.17) is 4.74 Å². The van der Waals surface area contributed by atoms with Gasteiger partial charge in [-0.1, -0.05) is 0 Å². The Morgan fingerprint density at radius 1 is 1.14 bits per heavy atom. The molecule has 0 amide bonds. The topological polar surface area (TPSA) is 67.4 Å². The van der Waals surface area contributed by atoms with Gasteiger partial charge < -0.3 is 10.1 Å². The summed E-state index contributed by atoms with van der Waals surface area (Å²) < 4.78 is 32.5. The number of nitrogens with zero attached hydrogens (tertiary/aromatic N) is 3. The van der Waals surface area contributed by atoms with Crippen LogP contribution in [0.3, 0.4) is 0 Å². The van der Waals surface area contributed by atoms with Crippen molar-refractivity contribution in [3.63, 3.8) is 0 Å². The zero-order valence-electron chi connectivity index (χ0n) is 16.2. The molecule has 154 valence electrons. The molecule has 1 saturated heterocycles. The van der Waals surface area contributed by atoms with E-state index in [-0.39, 0.29) is 18.1 Å². The van der Waals surface area contributed by atoms with Crippen LogP contribution in [0.5, 0.6) is 0 Å². The predicted molar refractivity (Wildman–Crippen MR) is 104 cm³/mol. The van der Waals surface area contributed by atoms with Crippen molar-refractivity contribution in [3.8, 4) is 0 Å². The fourth-order valence-corrected chi connectivity index (χ4v) is 3.90. The fraction of sp³-hybridized carbons (Fsp3) is 0.476. The summed E-state index contributed by atoms with van der Waals surface area (Å²) in [6.45, 7) is 5.19. The number of aromatic nitrogens is 2. The molecule has 0 radical (unpaired) electrons. The van der Waals surface area contributed by atoms with Crippen LogP contribution in [-0.4, -0.2) is 60.0 Å². The molecule has 0 saturated carbocycles. The van der Waals surface area contributed by atoms with Gasteiger partial charge >= 0.3 is 0 Å². The molecule has 2 aromatic rings. The van der Waals surface area contributed by atoms with Crippen LogP contribution in [0.2, 0.25) is 0 Å². The standard InChI is InChI=1S/C21H24F2N4O2/c22-16-8-14(9-17(23)12-16)15-10-19-18(20(28)11-15)13-25-21(26-19)24-2-1-3-27-4-6-29-7-5-27/h8-9,12-13,15H,1-7,10-11H2,(H,24,25,26)/t15-/m1/s1. The van der Waals surface area contributed by atoms with E-state index in [1.54, 1.807) is 6.20 Å². The van der Waals surface area contributed by atoms with E-state index in [1.165, 1.54) is 12.1 Å². The number of benzene rings is 1. The minimum atomic E-state index is -0.636. The van der Waals surface area contributed by atoms with E-state index in [9.17, 15) is 13.6 Å². The molecule has 1 N–H and O–H groups in total. The molecule has 29 heavy (non-hydrogen) atoms. The van der Waals surface area contributed by atoms with Crippen LogP contribution >= 0.6 is 0 Å². The number of carbonyl (C=O) groups excluding carboxylic acids is 1. The van der Waals surface area contributed by atoms with Crippen LogP contribution in [0.25, 0.3) is 0 Å². The van der Waals surface area contributed by atoms with Crippen LogP contribution in [0.4, 0.5) is 14.7 Å². The molecule has 1 aromatic carbocycles. The first-order chi connectivity index (χ1) is 14.1. The average molecular weight is 402 g/mol. The number of ketones is 1. The predicted octanol–water partition coefficient (Wildman–Crippen LogP) is 2.80. The second-order valence-electron chi connectivity index (χ2n) is 7.52. The number of carbonyl (C=O) groups is 1. The maximum absolute atomic E-state index is 13.6. The maximum atomic E-state index is 13.6. The summed E-state index contributed by atoms with van der Waals surface area (Å²) in [6, 6.07) is 3.42. The van der Waals surface area contributed by atoms with E-state index in [0.717, 1.165) is 51.9 Å². The lowest BCUT2D eigenvalue weighted by Gasteiger charge is -2.26. The fourth-order valence-electron chi connectivity index (χ4n) is 3.90. The Hall–Kier alpha value is -2.45. The van der Waals surface area contributed by atoms with Crippen LogP contribution < -0.4 is 5.32 Å². The lowest BCUT2D eigenvalue weighted by molar-refractivity contribution is 0.0378. The Morgan fingerprint density at radius 3 is 2.66 bits per heavy atom. The molecule has 1 fully saturated rings. The number of rotatable bonds is 6. The lowest BCUT2D eigenvalue weighted by Crippen LogP contribution is -2.37. The Morgan fingerprint density at radius 2 is 1.90 bits per heavy atom. The zero-order valence-corrected chi connectivity index (χ0v) is 16.2. The van der Waals surface area contributed by atoms with Crippen LogP contribution in [-0.2, 0) is 11.2 Å². The Kier molecular flexibility index (Phi) is 6.10. The van der Waals surface area contributed by atoms with Crippen molar-refractivity contribution in [3.05, 3.63) is 52.9 Å². The molecule has 0 bridgehead atoms. The Balaban J connectivity index is 1.39. The zero-order chi connectivity index (χ0) is 20.2. The normalized spacial score (nSPS) is 19.8. The molecule has 2 heterocycles. The highest BCUT2D eigenvalue weighted by Crippen LogP contribution is 2.32. The number of ether oxygens (including phenoxy) is 1. The number of Topliss-reactive ketones (excluding diaryl/α,β-unsaturated/α-hetero) is 1. The molecule has 1 aliphatic carbocycles. The quantitative estimate of drug-likeness (QED) is 0.750. The van der Waals surface area contributed by atoms with E-state index >= 15 is 0 Å². The summed E-state index contributed by atoms with van der Waals surface area (Å²) >= 11 is 0. The van der Waals surface area contributed by atoms with Gasteiger partial charge in [-0.25, -0.2) is 18.7 Å². The number of fused-ring (bicyclic) bond motifs is 1. The number of halogens is 2. The number of nitrogens with one attached hydrogen (secondary N) is 1. The monoisotopic (exact) mass is 402 g/mol. The minimum absolute atomic E-state index is 0.0974. The number of morpholine rings is 1. The molecule has 1 atom stereocenters. The molecular weight excluding hydrogens is 378 g/mol. The summed E-state index contributed by atoms with van der Waals surface area (Å²) in [5.41, 5.74) is 1.61. The highest BCUT2D eigenvalue weighted by Gasteiger charge is 2.28. The highest BCUT2D eigenvalue weighted by atomic mass is 19.1. The van der Waals surface area contributed by atoms with Crippen LogP contribution in [0.15, 0.2) is 24.4 Å². The Labute approximate surface area is 168 Å². The van der Waals surface area contributed by atoms with Crippen molar-refractivity contribution in [2.45, 2.75) is 25.2 Å². The van der Waals surface area contributed by atoms with E-state index in [1.807, 2.05) is 0 Å². The SMILES string of the molecule is O=C1C[C@H](c2cc(F)cc(F)c2)Cc2nc(NCCCN3CCOCC3)ncc21. The second kappa shape index (κ2) is 8.92. The maximum Gasteiger partial charge on any atom is 0.222 e. The smallest absolute Gasteiger partial charge is 0.222 e. The third kappa shape index (κ3) is 4.94. The molecule has 1 aliphatic heterocycles. The van der Waals surface area contributed by atoms with Gasteiger partial charge in [0.1, 0.15) is 11.6 Å². The van der Waals surface area contributed by atoms with Crippen molar-refractivity contribution in [1.82, 2.24) is 14.9 Å². The van der Waals surface area contributed by atoms with Gasteiger partial charge in [-0.2, -0.15) is 0 Å². The van der Waals surface area contributed by atoms with Gasteiger partial charge in [0, 0.05) is 38.3 Å². The molecule has 2 aliphatic rings. The Bertz CT molecular complexity index is 867. The summed E-state index contributed by atoms with van der Waals surface area (Å²) in [6.07, 6.45) is 3.16. The van der Waals surface area contributed by atoms with Crippen molar-refractivity contribution in [2.75, 3.05) is 44.7 Å². The lowest BCUT2D eigenvalue weighted by atomic mass is 9.82. The van der Waals surface area contributed by atoms with Gasteiger partial charge in [-0.05, 0) is 43.0 Å². The van der Waals surface area contributed by atoms with Gasteiger partial charge in [0.25, 0.3) is 0 Å². The van der Waals surface area contributed by atoms with Gasteiger partial charge in [0.05, 0.1) is 24.5 Å². The molecule has 4 rings (SSSR count). The summed E-state index contributed by atoms with van der Waals surface area (Å²) in [5.74, 6) is -1.18. The average Bonchev–Trinajstić information content (AvgIpc) is 2.71. The number of hydrogen-bond donors (Lipinski definition) is 1. The van der Waals surface area contributed by atoms with Crippen molar-refractivity contribution < 1.29 is 18.3 Å². The van der Waals surface area contributed by atoms with E-state index < -0.39 is 11.6 Å². The molecule has 0 spiro atoms. The molecule has 6 nitrogen and oxygen atoms in total. The van der Waals surface area contributed by atoms with Crippen LogP contribution in [0, 0.1) is 11.6 Å². The number of hydrogen-bond acceptors (Lipinski definition) is 6. The molecule has 0 unspecified atom stereocenters. The molecular formula is C21H24F2N4O2. The minimum Gasteiger partial charge on any atom is -0.379 e. The van der Waals surface area contributed by atoms with Crippen molar-refractivity contribution in [2.24, 2.45) is 0 Å². The van der Waals surface area contributed by atoms with Gasteiger partial charge in [-0.15, -0.1) is 0 Å². The van der Waals surface area contributed by atoms with Gasteiger partial charge in [-0.3, -0.25) is 9.69 Å². The third-order valence-electron chi connectivity index (χ3n) is 5.43. The van der Waals surface area contributed by atoms with Gasteiger partial charge in [0.15, 0.2) is 5.78 Å². The molecule has 1 aromatic heterocycles. The van der Waals surface area contributed by atoms with Gasteiger partial charge in [0.2, 0.25) is 5.95 Å². The van der Waals surface area contributed by atoms with Crippen LogP contribution in [0.1, 0.15) is 40.4 Å². The summed E-state index contributed by atoms with van der Waals surface area (Å²) in [5, 5.41) is 3.21. The second-order valence-corrected chi connectivity index (χ2v) is 7.52. The van der Waals surface area contributed by atoms with E-state index in [2.05, 4.69) is 20.2 Å². The van der Waals surface area contributed by atoms with E-state index in [0.29, 0.717) is 29.2 Å². The first-order valence-corrected chi connectivity index (χ1v) is 9.97. The number of anilines is 1. The van der Waals surface area contributed by atoms with Crippen molar-refractivity contribution >= 4 is 11.7 Å². The summed E-state index contributed by atoms with van der Waals surface area (Å²) in [7, 11) is 0. The first-order valence-electron chi connectivity index (χ1n) is 9.97.